The van der Waals surface area contributed by atoms with Gasteiger partial charge in [0.05, 0.1) is 5.52 Å². The van der Waals surface area contributed by atoms with E-state index in [-0.39, 0.29) is 0 Å². The fourth-order valence-electron chi connectivity index (χ4n) is 3.94. The number of nitrogens with one attached hydrogen (secondary N) is 2. The molecule has 1 aliphatic carbocycles. The number of anilines is 2. The minimum atomic E-state index is 0.678. The molecule has 5 nitrogen and oxygen atoms in total. The number of piperazine rings is 1. The molecular formula is C18H23N5. The number of fused-ring (bicyclic) bond motifs is 3. The van der Waals surface area contributed by atoms with Crippen molar-refractivity contribution >= 4 is 28.6 Å². The molecule has 0 unspecified atom stereocenters. The molecule has 4 rings (SSSR count). The van der Waals surface area contributed by atoms with E-state index in [4.69, 9.17) is 16.1 Å². The molecule has 0 amide bonds. The lowest BCUT2D eigenvalue weighted by molar-refractivity contribution is 0.580. The van der Waals surface area contributed by atoms with Crippen molar-refractivity contribution in [2.24, 2.45) is 0 Å². The van der Waals surface area contributed by atoms with E-state index < -0.39 is 0 Å². The first kappa shape index (κ1) is 14.5. The van der Waals surface area contributed by atoms with E-state index in [1.807, 2.05) is 12.1 Å². The Labute approximate surface area is 136 Å². The summed E-state index contributed by atoms with van der Waals surface area (Å²) in [7, 11) is 0. The minimum Gasteiger partial charge on any atom is -0.398 e. The maximum Gasteiger partial charge on any atom is 0.132 e. The summed E-state index contributed by atoms with van der Waals surface area (Å²) in [5.41, 5.74) is 11.4. The first-order valence-corrected chi connectivity index (χ1v) is 8.49. The Hall–Kier alpha value is -2.14. The van der Waals surface area contributed by atoms with Gasteiger partial charge in [-0.3, -0.25) is 0 Å². The maximum absolute atomic E-state index is 7.78. The van der Waals surface area contributed by atoms with E-state index in [0.717, 1.165) is 61.3 Å². The number of nitrogens with two attached hydrogens (primary N) is 1. The second-order valence-electron chi connectivity index (χ2n) is 6.44. The second-order valence-corrected chi connectivity index (χ2v) is 6.44. The SMILES string of the molecule is N=Cc1c(N)ccc2nc(N3CCNCC3)c3c(c12)CCCC3. The highest BCUT2D eigenvalue weighted by atomic mass is 15.2. The van der Waals surface area contributed by atoms with Gasteiger partial charge < -0.3 is 21.4 Å². The van der Waals surface area contributed by atoms with Crippen LogP contribution >= 0.6 is 0 Å². The van der Waals surface area contributed by atoms with Crippen molar-refractivity contribution in [2.45, 2.75) is 25.7 Å². The van der Waals surface area contributed by atoms with Crippen LogP contribution in [0.2, 0.25) is 0 Å². The molecule has 0 radical (unpaired) electrons. The lowest BCUT2D eigenvalue weighted by atomic mass is 9.87. The molecule has 0 atom stereocenters. The molecule has 2 aromatic rings. The molecular weight excluding hydrogens is 286 g/mol. The number of nitrogen functional groups attached to an aromatic ring is 1. The molecule has 0 bridgehead atoms. The van der Waals surface area contributed by atoms with Gasteiger partial charge in [-0.2, -0.15) is 0 Å². The van der Waals surface area contributed by atoms with Crippen LogP contribution in [0.4, 0.5) is 11.5 Å². The Morgan fingerprint density at radius 1 is 1.13 bits per heavy atom. The van der Waals surface area contributed by atoms with Crippen molar-refractivity contribution in [3.8, 4) is 0 Å². The van der Waals surface area contributed by atoms with Gasteiger partial charge in [-0.05, 0) is 48.9 Å². The van der Waals surface area contributed by atoms with Crippen molar-refractivity contribution in [1.82, 2.24) is 10.3 Å². The zero-order valence-electron chi connectivity index (χ0n) is 13.4. The predicted octanol–water partition coefficient (Wildman–Crippen LogP) is 2.10. The van der Waals surface area contributed by atoms with E-state index in [2.05, 4.69) is 10.2 Å². The third-order valence-corrected chi connectivity index (χ3v) is 5.08. The normalized spacial score (nSPS) is 18.0. The molecule has 1 aromatic carbocycles. The van der Waals surface area contributed by atoms with Gasteiger partial charge in [0.25, 0.3) is 0 Å². The van der Waals surface area contributed by atoms with Crippen LogP contribution < -0.4 is 16.0 Å². The first-order chi connectivity index (χ1) is 11.3. The number of pyridine rings is 1. The number of aryl methyl sites for hydroxylation is 1. The highest BCUT2D eigenvalue weighted by Crippen LogP contribution is 2.37. The van der Waals surface area contributed by atoms with Crippen molar-refractivity contribution in [1.29, 1.82) is 5.41 Å². The van der Waals surface area contributed by atoms with Crippen LogP contribution in [0.1, 0.15) is 29.5 Å². The van der Waals surface area contributed by atoms with Gasteiger partial charge in [0.2, 0.25) is 0 Å². The number of nitrogens with zero attached hydrogens (tertiary/aromatic N) is 2. The van der Waals surface area contributed by atoms with Crippen LogP contribution in [-0.2, 0) is 12.8 Å². The van der Waals surface area contributed by atoms with E-state index in [1.165, 1.54) is 30.2 Å². The number of rotatable bonds is 2. The molecule has 23 heavy (non-hydrogen) atoms. The highest BCUT2D eigenvalue weighted by molar-refractivity contribution is 6.05. The third kappa shape index (κ3) is 2.36. The molecule has 120 valence electrons. The van der Waals surface area contributed by atoms with Crippen LogP contribution in [0, 0.1) is 5.41 Å². The molecule has 1 aliphatic heterocycles. The van der Waals surface area contributed by atoms with Crippen LogP contribution in [0.5, 0.6) is 0 Å². The molecule has 4 N–H and O–H groups in total. The summed E-state index contributed by atoms with van der Waals surface area (Å²) in [5, 5.41) is 12.3. The van der Waals surface area contributed by atoms with Gasteiger partial charge >= 0.3 is 0 Å². The average molecular weight is 309 g/mol. The summed E-state index contributed by atoms with van der Waals surface area (Å²) < 4.78 is 0. The van der Waals surface area contributed by atoms with Gasteiger partial charge in [0.1, 0.15) is 5.82 Å². The molecule has 0 saturated carbocycles. The number of hydrogen-bond acceptors (Lipinski definition) is 5. The van der Waals surface area contributed by atoms with Crippen LogP contribution in [-0.4, -0.2) is 37.4 Å². The highest BCUT2D eigenvalue weighted by Gasteiger charge is 2.24. The number of aromatic nitrogens is 1. The third-order valence-electron chi connectivity index (χ3n) is 5.08. The standard InChI is InChI=1S/C18H23N5/c19-11-14-15(20)5-6-16-17(14)12-3-1-2-4-13(12)18(22-16)23-9-7-21-8-10-23/h5-6,11,19,21H,1-4,7-10,20H2. The van der Waals surface area contributed by atoms with E-state index >= 15 is 0 Å². The van der Waals surface area contributed by atoms with Gasteiger partial charge in [-0.1, -0.05) is 0 Å². The molecule has 1 fully saturated rings. The van der Waals surface area contributed by atoms with E-state index in [1.54, 1.807) is 0 Å². The summed E-state index contributed by atoms with van der Waals surface area (Å²) in [6, 6.07) is 3.89. The first-order valence-electron chi connectivity index (χ1n) is 8.49. The summed E-state index contributed by atoms with van der Waals surface area (Å²) in [5.74, 6) is 1.16. The average Bonchev–Trinajstić information content (AvgIpc) is 2.62. The Balaban J connectivity index is 1.98. The van der Waals surface area contributed by atoms with Crippen LogP contribution in [0.3, 0.4) is 0 Å². The van der Waals surface area contributed by atoms with Gasteiger partial charge in [-0.25, -0.2) is 4.98 Å². The van der Waals surface area contributed by atoms with Crippen molar-refractivity contribution in [2.75, 3.05) is 36.8 Å². The molecule has 0 spiro atoms. The molecule has 2 heterocycles. The second kappa shape index (κ2) is 5.81. The zero-order valence-corrected chi connectivity index (χ0v) is 13.4. The topological polar surface area (TPSA) is 78.0 Å². The maximum atomic E-state index is 7.78. The Morgan fingerprint density at radius 2 is 1.87 bits per heavy atom. The smallest absolute Gasteiger partial charge is 0.132 e. The van der Waals surface area contributed by atoms with Crippen LogP contribution in [0.25, 0.3) is 10.9 Å². The summed E-state index contributed by atoms with van der Waals surface area (Å²) in [4.78, 5) is 7.42. The quantitative estimate of drug-likeness (QED) is 0.586. The molecule has 2 aliphatic rings. The van der Waals surface area contributed by atoms with Gasteiger partial charge in [-0.15, -0.1) is 0 Å². The number of benzene rings is 1. The molecule has 5 heteroatoms. The van der Waals surface area contributed by atoms with Crippen molar-refractivity contribution in [3.05, 3.63) is 28.8 Å². The van der Waals surface area contributed by atoms with Gasteiger partial charge in [0, 0.05) is 49.0 Å². The van der Waals surface area contributed by atoms with E-state index in [9.17, 15) is 0 Å². The Morgan fingerprint density at radius 3 is 2.61 bits per heavy atom. The van der Waals surface area contributed by atoms with Crippen molar-refractivity contribution < 1.29 is 0 Å². The summed E-state index contributed by atoms with van der Waals surface area (Å²) in [6.45, 7) is 4.05. The van der Waals surface area contributed by atoms with Crippen molar-refractivity contribution in [3.63, 3.8) is 0 Å². The lowest BCUT2D eigenvalue weighted by Gasteiger charge is -2.32. The fourth-order valence-corrected chi connectivity index (χ4v) is 3.94. The molecule has 1 aromatic heterocycles. The molecule has 1 saturated heterocycles. The Bertz CT molecular complexity index is 762. The predicted molar refractivity (Wildman–Crippen MR) is 95.8 cm³/mol. The summed E-state index contributed by atoms with van der Waals surface area (Å²) >= 11 is 0. The minimum absolute atomic E-state index is 0.678. The fraction of sp³-hybridized carbons (Fsp3) is 0.444. The number of hydrogen-bond donors (Lipinski definition) is 3. The zero-order chi connectivity index (χ0) is 15.8. The monoisotopic (exact) mass is 309 g/mol. The van der Waals surface area contributed by atoms with E-state index in [0.29, 0.717) is 5.69 Å². The Kier molecular flexibility index (Phi) is 3.65. The van der Waals surface area contributed by atoms with Gasteiger partial charge in [0.15, 0.2) is 0 Å². The van der Waals surface area contributed by atoms with Crippen LogP contribution in [0.15, 0.2) is 12.1 Å². The lowest BCUT2D eigenvalue weighted by Crippen LogP contribution is -2.44. The summed E-state index contributed by atoms with van der Waals surface area (Å²) in [6.07, 6.45) is 5.97. The largest absolute Gasteiger partial charge is 0.398 e.